The van der Waals surface area contributed by atoms with Crippen LogP contribution in [0.15, 0.2) is 47.7 Å². The number of carbonyl (C=O) groups excluding carboxylic acids is 1. The third-order valence-corrected chi connectivity index (χ3v) is 5.70. The van der Waals surface area contributed by atoms with Crippen LogP contribution in [0.4, 0.5) is 0 Å². The number of hydrogen-bond acceptors (Lipinski definition) is 5. The molecule has 1 aliphatic heterocycles. The Morgan fingerprint density at radius 3 is 2.69 bits per heavy atom. The number of amides is 1. The largest absolute Gasteiger partial charge is 0.487 e. The zero-order valence-electron chi connectivity index (χ0n) is 19.1. The average molecular weight is 433 g/mol. The molecule has 4 rings (SSSR count). The fourth-order valence-electron chi connectivity index (χ4n) is 4.07. The first kappa shape index (κ1) is 21.7. The smallest absolute Gasteiger partial charge is 0.264 e. The van der Waals surface area contributed by atoms with Gasteiger partial charge in [0.1, 0.15) is 16.9 Å². The van der Waals surface area contributed by atoms with Crippen molar-refractivity contribution in [3.63, 3.8) is 0 Å². The number of benzene rings is 1. The fourth-order valence-corrected chi connectivity index (χ4v) is 4.07. The first-order valence-electron chi connectivity index (χ1n) is 10.7. The summed E-state index contributed by atoms with van der Waals surface area (Å²) in [4.78, 5) is 35.1. The van der Waals surface area contributed by atoms with Crippen molar-refractivity contribution in [2.75, 3.05) is 0 Å². The molecule has 0 saturated carbocycles. The molecule has 1 amide bonds. The van der Waals surface area contributed by atoms with Gasteiger partial charge in [-0.1, -0.05) is 17.7 Å². The van der Waals surface area contributed by atoms with Crippen LogP contribution in [0.3, 0.4) is 0 Å². The van der Waals surface area contributed by atoms with Crippen LogP contribution in [0, 0.1) is 20.8 Å². The summed E-state index contributed by atoms with van der Waals surface area (Å²) < 4.78 is 7.60. The van der Waals surface area contributed by atoms with E-state index in [-0.39, 0.29) is 29.6 Å². The molecule has 2 aromatic heterocycles. The van der Waals surface area contributed by atoms with Gasteiger partial charge in [-0.3, -0.25) is 19.6 Å². The van der Waals surface area contributed by atoms with Crippen molar-refractivity contribution in [2.45, 2.75) is 59.2 Å². The van der Waals surface area contributed by atoms with Crippen molar-refractivity contribution in [1.82, 2.24) is 19.9 Å². The number of nitrogens with one attached hydrogen (secondary N) is 1. The predicted octanol–water partition coefficient (Wildman–Crippen LogP) is 3.64. The van der Waals surface area contributed by atoms with Crippen LogP contribution in [0.25, 0.3) is 0 Å². The summed E-state index contributed by atoms with van der Waals surface area (Å²) >= 11 is 0. The van der Waals surface area contributed by atoms with Gasteiger partial charge in [-0.05, 0) is 52.3 Å². The topological polar surface area (TPSA) is 86.1 Å². The summed E-state index contributed by atoms with van der Waals surface area (Å²) in [6.45, 7) is 9.88. The van der Waals surface area contributed by atoms with Gasteiger partial charge in [-0.25, -0.2) is 0 Å². The second-order valence-electron chi connectivity index (χ2n) is 9.09. The minimum atomic E-state index is -0.434. The highest BCUT2D eigenvalue weighted by molar-refractivity contribution is 5.95. The summed E-state index contributed by atoms with van der Waals surface area (Å²) in [5.41, 5.74) is 3.48. The Balaban J connectivity index is 1.64. The number of ether oxygens (including phenoxy) is 1. The molecule has 1 aromatic carbocycles. The Kier molecular flexibility index (Phi) is 5.59. The van der Waals surface area contributed by atoms with Crippen LogP contribution in [-0.2, 0) is 6.54 Å². The molecule has 1 atom stereocenters. The Bertz CT molecular complexity index is 1230. The lowest BCUT2D eigenvalue weighted by Gasteiger charge is -2.38. The maximum Gasteiger partial charge on any atom is 0.264 e. The quantitative estimate of drug-likeness (QED) is 0.680. The first-order chi connectivity index (χ1) is 15.1. The van der Waals surface area contributed by atoms with Gasteiger partial charge in [0.15, 0.2) is 0 Å². The SMILES string of the molecule is Cc1ccc2c(c1)C(NC(=O)c1c(C)ccn(Cc3cnc(C)cn3)c1=O)CC(C)(C)O2. The maximum absolute atomic E-state index is 13.3. The number of pyridine rings is 1. The van der Waals surface area contributed by atoms with E-state index < -0.39 is 5.60 Å². The molecule has 166 valence electrons. The van der Waals surface area contributed by atoms with Gasteiger partial charge in [0.05, 0.1) is 30.2 Å². The van der Waals surface area contributed by atoms with Crippen LogP contribution in [0.5, 0.6) is 5.75 Å². The number of hydrogen-bond donors (Lipinski definition) is 1. The molecule has 0 spiro atoms. The van der Waals surface area contributed by atoms with E-state index in [0.29, 0.717) is 17.7 Å². The third kappa shape index (κ3) is 4.42. The zero-order valence-corrected chi connectivity index (χ0v) is 19.1. The number of fused-ring (bicyclic) bond motifs is 1. The second-order valence-corrected chi connectivity index (χ2v) is 9.09. The van der Waals surface area contributed by atoms with E-state index in [1.807, 2.05) is 45.9 Å². The van der Waals surface area contributed by atoms with Crippen LogP contribution >= 0.6 is 0 Å². The summed E-state index contributed by atoms with van der Waals surface area (Å²) in [6, 6.07) is 7.49. The molecule has 0 bridgehead atoms. The average Bonchev–Trinajstić information content (AvgIpc) is 2.72. The predicted molar refractivity (Wildman–Crippen MR) is 122 cm³/mol. The van der Waals surface area contributed by atoms with Crippen molar-refractivity contribution in [3.05, 3.63) is 86.9 Å². The fraction of sp³-hybridized carbons (Fsp3) is 0.360. The highest BCUT2D eigenvalue weighted by Gasteiger charge is 2.35. The molecular weight excluding hydrogens is 404 g/mol. The Hall–Kier alpha value is -3.48. The van der Waals surface area contributed by atoms with Crippen LogP contribution in [-0.4, -0.2) is 26.0 Å². The van der Waals surface area contributed by atoms with Gasteiger partial charge >= 0.3 is 0 Å². The summed E-state index contributed by atoms with van der Waals surface area (Å²) in [5, 5.41) is 3.09. The highest BCUT2D eigenvalue weighted by atomic mass is 16.5. The van der Waals surface area contributed by atoms with Gasteiger partial charge in [-0.2, -0.15) is 0 Å². The normalized spacial score (nSPS) is 16.7. The van der Waals surface area contributed by atoms with E-state index in [0.717, 1.165) is 22.6 Å². The molecule has 1 N–H and O–H groups in total. The van der Waals surface area contributed by atoms with E-state index >= 15 is 0 Å². The van der Waals surface area contributed by atoms with E-state index in [9.17, 15) is 9.59 Å². The molecule has 1 aliphatic rings. The zero-order chi connectivity index (χ0) is 23.0. The van der Waals surface area contributed by atoms with Crippen molar-refractivity contribution >= 4 is 5.91 Å². The lowest BCUT2D eigenvalue weighted by atomic mass is 9.88. The molecule has 0 fully saturated rings. The molecule has 3 aromatic rings. The van der Waals surface area contributed by atoms with Crippen LogP contribution in [0.2, 0.25) is 0 Å². The molecule has 3 heterocycles. The lowest BCUT2D eigenvalue weighted by molar-refractivity contribution is 0.0618. The van der Waals surface area contributed by atoms with Gasteiger partial charge in [0.25, 0.3) is 11.5 Å². The highest BCUT2D eigenvalue weighted by Crippen LogP contribution is 2.40. The van der Waals surface area contributed by atoms with Gasteiger partial charge in [0, 0.05) is 24.4 Å². The van der Waals surface area contributed by atoms with Crippen molar-refractivity contribution < 1.29 is 9.53 Å². The maximum atomic E-state index is 13.3. The molecule has 0 saturated heterocycles. The molecule has 7 nitrogen and oxygen atoms in total. The molecule has 0 radical (unpaired) electrons. The van der Waals surface area contributed by atoms with Crippen LogP contribution < -0.4 is 15.6 Å². The number of aryl methyl sites for hydroxylation is 3. The van der Waals surface area contributed by atoms with Crippen molar-refractivity contribution in [1.29, 1.82) is 0 Å². The molecule has 1 unspecified atom stereocenters. The molecule has 7 heteroatoms. The Labute approximate surface area is 187 Å². The number of carbonyl (C=O) groups is 1. The third-order valence-electron chi connectivity index (χ3n) is 5.70. The standard InChI is InChI=1S/C25H28N4O3/c1-15-6-7-21-19(10-15)20(11-25(4,5)32-21)28-23(30)22-16(2)8-9-29(24(22)31)14-18-13-26-17(3)12-27-18/h6-10,12-13,20H,11,14H2,1-5H3,(H,28,30). The molecule has 32 heavy (non-hydrogen) atoms. The number of rotatable bonds is 4. The summed E-state index contributed by atoms with van der Waals surface area (Å²) in [6.07, 6.45) is 5.60. The van der Waals surface area contributed by atoms with Crippen LogP contribution in [0.1, 0.15) is 64.7 Å². The summed E-state index contributed by atoms with van der Waals surface area (Å²) in [5.74, 6) is 0.379. The van der Waals surface area contributed by atoms with Crippen molar-refractivity contribution in [3.8, 4) is 5.75 Å². The molecular formula is C25H28N4O3. The van der Waals surface area contributed by atoms with Crippen molar-refractivity contribution in [2.24, 2.45) is 0 Å². The first-order valence-corrected chi connectivity index (χ1v) is 10.7. The van der Waals surface area contributed by atoms with Gasteiger partial charge < -0.3 is 14.6 Å². The van der Waals surface area contributed by atoms with E-state index in [2.05, 4.69) is 15.3 Å². The summed E-state index contributed by atoms with van der Waals surface area (Å²) in [7, 11) is 0. The number of aromatic nitrogens is 3. The van der Waals surface area contributed by atoms with Gasteiger partial charge in [0.2, 0.25) is 0 Å². The van der Waals surface area contributed by atoms with E-state index in [1.54, 1.807) is 31.6 Å². The minimum Gasteiger partial charge on any atom is -0.487 e. The monoisotopic (exact) mass is 432 g/mol. The lowest BCUT2D eigenvalue weighted by Crippen LogP contribution is -2.43. The molecule has 0 aliphatic carbocycles. The minimum absolute atomic E-state index is 0.145. The Morgan fingerprint density at radius 2 is 1.97 bits per heavy atom. The van der Waals surface area contributed by atoms with Gasteiger partial charge in [-0.15, -0.1) is 0 Å². The second kappa shape index (κ2) is 8.22. The van der Waals surface area contributed by atoms with E-state index in [1.165, 1.54) is 4.57 Å². The van der Waals surface area contributed by atoms with E-state index in [4.69, 9.17) is 4.74 Å². The Morgan fingerprint density at radius 1 is 1.19 bits per heavy atom. The number of nitrogens with zero attached hydrogens (tertiary/aromatic N) is 3.